The number of nitrogens with one attached hydrogen (secondary N) is 1. The van der Waals surface area contributed by atoms with Crippen molar-refractivity contribution in [1.82, 2.24) is 0 Å². The Kier molecular flexibility index (Phi) is 4.93. The standard InChI is InChI=1S/C30H17NO5/c32-27-21-6-2-3-7-22(21)28(33)25-16-20(13-14-23(25)27)31-29(34)18-11-9-17(10-12-18)24-15-19-5-1-4-8-26(19)36-30(24)35/h1-16H,(H,31,34). The fraction of sp³-hybridized carbons (Fsp3) is 0. The average Bonchev–Trinajstić information content (AvgIpc) is 2.91. The lowest BCUT2D eigenvalue weighted by Crippen LogP contribution is -2.21. The molecule has 1 amide bonds. The van der Waals surface area contributed by atoms with Gasteiger partial charge in [-0.15, -0.1) is 0 Å². The summed E-state index contributed by atoms with van der Waals surface area (Å²) >= 11 is 0. The number of anilines is 1. The summed E-state index contributed by atoms with van der Waals surface area (Å²) < 4.78 is 5.40. The van der Waals surface area contributed by atoms with Gasteiger partial charge >= 0.3 is 5.63 Å². The number of rotatable bonds is 3. The molecule has 0 bridgehead atoms. The second-order valence-electron chi connectivity index (χ2n) is 8.48. The van der Waals surface area contributed by atoms with Crippen LogP contribution in [0.4, 0.5) is 5.69 Å². The van der Waals surface area contributed by atoms with Crippen LogP contribution in [0.2, 0.25) is 0 Å². The van der Waals surface area contributed by atoms with Crippen LogP contribution < -0.4 is 10.9 Å². The minimum absolute atomic E-state index is 0.216. The summed E-state index contributed by atoms with van der Waals surface area (Å²) in [4.78, 5) is 51.0. The molecule has 1 aliphatic carbocycles. The summed E-state index contributed by atoms with van der Waals surface area (Å²) in [6, 6.07) is 27.0. The number of hydrogen-bond acceptors (Lipinski definition) is 5. The van der Waals surface area contributed by atoms with Crippen LogP contribution in [0.25, 0.3) is 22.1 Å². The van der Waals surface area contributed by atoms with E-state index >= 15 is 0 Å². The monoisotopic (exact) mass is 471 g/mol. The van der Waals surface area contributed by atoms with Crippen molar-refractivity contribution in [2.24, 2.45) is 0 Å². The number of benzene rings is 4. The van der Waals surface area contributed by atoms with Crippen molar-refractivity contribution in [2.75, 3.05) is 5.32 Å². The molecule has 5 aromatic rings. The Morgan fingerprint density at radius 3 is 2.00 bits per heavy atom. The second-order valence-corrected chi connectivity index (χ2v) is 8.48. The zero-order valence-electron chi connectivity index (χ0n) is 18.8. The molecule has 6 rings (SSSR count). The highest BCUT2D eigenvalue weighted by Crippen LogP contribution is 2.29. The zero-order valence-corrected chi connectivity index (χ0v) is 18.8. The molecule has 6 nitrogen and oxygen atoms in total. The van der Waals surface area contributed by atoms with Crippen LogP contribution in [0.3, 0.4) is 0 Å². The molecule has 0 unspecified atom stereocenters. The van der Waals surface area contributed by atoms with Crippen LogP contribution >= 0.6 is 0 Å². The molecule has 0 saturated carbocycles. The first-order valence-electron chi connectivity index (χ1n) is 11.3. The lowest BCUT2D eigenvalue weighted by molar-refractivity contribution is 0.0979. The van der Waals surface area contributed by atoms with Gasteiger partial charge in [0.25, 0.3) is 5.91 Å². The third-order valence-electron chi connectivity index (χ3n) is 6.28. The van der Waals surface area contributed by atoms with E-state index in [0.29, 0.717) is 44.7 Å². The first-order chi connectivity index (χ1) is 17.5. The van der Waals surface area contributed by atoms with Gasteiger partial charge in [-0.05, 0) is 48.0 Å². The lowest BCUT2D eigenvalue weighted by atomic mass is 9.84. The molecule has 1 heterocycles. The van der Waals surface area contributed by atoms with Crippen molar-refractivity contribution < 1.29 is 18.8 Å². The Morgan fingerprint density at radius 2 is 1.25 bits per heavy atom. The number of fused-ring (bicyclic) bond motifs is 3. The van der Waals surface area contributed by atoms with E-state index in [4.69, 9.17) is 4.42 Å². The van der Waals surface area contributed by atoms with Gasteiger partial charge in [-0.25, -0.2) is 4.79 Å². The molecule has 1 aliphatic rings. The fourth-order valence-corrected chi connectivity index (χ4v) is 4.44. The van der Waals surface area contributed by atoms with E-state index in [2.05, 4.69) is 5.32 Å². The van der Waals surface area contributed by atoms with Crippen molar-refractivity contribution in [3.05, 3.63) is 135 Å². The molecule has 1 aromatic heterocycles. The molecule has 0 saturated heterocycles. The normalized spacial score (nSPS) is 12.2. The maximum atomic E-state index is 12.9. The number of ketones is 2. The van der Waals surface area contributed by atoms with Gasteiger partial charge in [0.15, 0.2) is 11.6 Å². The van der Waals surface area contributed by atoms with Crippen molar-refractivity contribution >= 4 is 34.1 Å². The molecule has 1 N–H and O–H groups in total. The number of amides is 1. The largest absolute Gasteiger partial charge is 0.422 e. The van der Waals surface area contributed by atoms with E-state index in [1.807, 2.05) is 12.1 Å². The van der Waals surface area contributed by atoms with E-state index in [9.17, 15) is 19.2 Å². The van der Waals surface area contributed by atoms with Crippen LogP contribution in [-0.2, 0) is 0 Å². The first kappa shape index (κ1) is 21.4. The molecule has 0 radical (unpaired) electrons. The molecule has 4 aromatic carbocycles. The third-order valence-corrected chi connectivity index (χ3v) is 6.28. The lowest BCUT2D eigenvalue weighted by Gasteiger charge is -2.18. The minimum atomic E-state index is -0.458. The predicted molar refractivity (Wildman–Crippen MR) is 136 cm³/mol. The number of carbonyl (C=O) groups excluding carboxylic acids is 3. The summed E-state index contributed by atoms with van der Waals surface area (Å²) in [5, 5.41) is 3.58. The van der Waals surface area contributed by atoms with Gasteiger partial charge in [0.05, 0.1) is 5.56 Å². The van der Waals surface area contributed by atoms with E-state index in [0.717, 1.165) is 5.39 Å². The zero-order chi connectivity index (χ0) is 24.8. The summed E-state index contributed by atoms with van der Waals surface area (Å²) in [7, 11) is 0. The third kappa shape index (κ3) is 3.52. The Labute approximate surface area is 204 Å². The number of carbonyl (C=O) groups is 3. The van der Waals surface area contributed by atoms with E-state index in [1.54, 1.807) is 78.9 Å². The highest BCUT2D eigenvalue weighted by atomic mass is 16.4. The SMILES string of the molecule is O=C(Nc1ccc2c(c1)C(=O)c1ccccc1C2=O)c1ccc(-c2cc3ccccc3oc2=O)cc1. The van der Waals surface area contributed by atoms with Crippen LogP contribution in [0.1, 0.15) is 42.2 Å². The van der Waals surface area contributed by atoms with E-state index < -0.39 is 5.63 Å². The Hall–Kier alpha value is -5.10. The first-order valence-corrected chi connectivity index (χ1v) is 11.3. The molecular weight excluding hydrogens is 454 g/mol. The predicted octanol–water partition coefficient (Wildman–Crippen LogP) is 5.49. The summed E-state index contributed by atoms with van der Waals surface area (Å²) in [6.07, 6.45) is 0. The van der Waals surface area contributed by atoms with Crippen molar-refractivity contribution in [3.8, 4) is 11.1 Å². The summed E-state index contributed by atoms with van der Waals surface area (Å²) in [5.41, 5.74) is 3.16. The molecule has 0 atom stereocenters. The van der Waals surface area contributed by atoms with Gasteiger partial charge in [-0.3, -0.25) is 14.4 Å². The summed E-state index contributed by atoms with van der Waals surface area (Å²) in [5.74, 6) is -0.858. The quantitative estimate of drug-likeness (QED) is 0.345. The van der Waals surface area contributed by atoms with Crippen LogP contribution in [0.15, 0.2) is 106 Å². The van der Waals surface area contributed by atoms with Gasteiger partial charge in [0.2, 0.25) is 0 Å². The Morgan fingerprint density at radius 1 is 0.611 bits per heavy atom. The highest BCUT2D eigenvalue weighted by molar-refractivity contribution is 6.28. The number of para-hydroxylation sites is 1. The fourth-order valence-electron chi connectivity index (χ4n) is 4.44. The smallest absolute Gasteiger partial charge is 0.344 e. The average molecular weight is 471 g/mol. The van der Waals surface area contributed by atoms with Crippen LogP contribution in [0.5, 0.6) is 0 Å². The molecule has 6 heteroatoms. The molecule has 0 fully saturated rings. The second kappa shape index (κ2) is 8.29. The molecule has 172 valence electrons. The van der Waals surface area contributed by atoms with E-state index in [1.165, 1.54) is 6.07 Å². The maximum Gasteiger partial charge on any atom is 0.344 e. The molecular formula is C30H17NO5. The summed E-state index contributed by atoms with van der Waals surface area (Å²) in [6.45, 7) is 0. The Balaban J connectivity index is 1.26. The van der Waals surface area contributed by atoms with Gasteiger partial charge < -0.3 is 9.73 Å². The van der Waals surface area contributed by atoms with Crippen molar-refractivity contribution in [2.45, 2.75) is 0 Å². The maximum absolute atomic E-state index is 12.9. The van der Waals surface area contributed by atoms with Gasteiger partial charge in [0, 0.05) is 38.9 Å². The van der Waals surface area contributed by atoms with E-state index in [-0.39, 0.29) is 23.0 Å². The molecule has 0 aliphatic heterocycles. The van der Waals surface area contributed by atoms with Crippen LogP contribution in [0, 0.1) is 0 Å². The van der Waals surface area contributed by atoms with Gasteiger partial charge in [-0.2, -0.15) is 0 Å². The minimum Gasteiger partial charge on any atom is -0.422 e. The molecule has 0 spiro atoms. The van der Waals surface area contributed by atoms with Crippen molar-refractivity contribution in [3.63, 3.8) is 0 Å². The van der Waals surface area contributed by atoms with Crippen molar-refractivity contribution in [1.29, 1.82) is 0 Å². The number of hydrogen-bond donors (Lipinski definition) is 1. The van der Waals surface area contributed by atoms with Gasteiger partial charge in [0.1, 0.15) is 5.58 Å². The highest BCUT2D eigenvalue weighted by Gasteiger charge is 2.29. The Bertz CT molecular complexity index is 1780. The van der Waals surface area contributed by atoms with Crippen LogP contribution in [-0.4, -0.2) is 17.5 Å². The topological polar surface area (TPSA) is 93.4 Å². The molecule has 36 heavy (non-hydrogen) atoms. The van der Waals surface area contributed by atoms with Gasteiger partial charge in [-0.1, -0.05) is 54.6 Å².